The molecule has 0 aliphatic heterocycles. The van der Waals surface area contributed by atoms with Crippen molar-refractivity contribution in [3.05, 3.63) is 29.6 Å². The standard InChI is InChI=1S/C17H24FNO/c1-12(20)14-6-5-7-15(18)16(14)19(4)13-8-10-17(2,3)11-9-13/h5-7,13H,8-11H2,1-4H3. The molecule has 0 bridgehead atoms. The third kappa shape index (κ3) is 3.02. The third-order valence-electron chi connectivity index (χ3n) is 4.58. The Labute approximate surface area is 121 Å². The zero-order valence-electron chi connectivity index (χ0n) is 12.9. The average molecular weight is 277 g/mol. The molecule has 0 radical (unpaired) electrons. The Morgan fingerprint density at radius 2 is 1.90 bits per heavy atom. The van der Waals surface area contributed by atoms with Crippen LogP contribution in [0.3, 0.4) is 0 Å². The number of anilines is 1. The highest BCUT2D eigenvalue weighted by Crippen LogP contribution is 2.38. The van der Waals surface area contributed by atoms with E-state index in [-0.39, 0.29) is 11.6 Å². The quantitative estimate of drug-likeness (QED) is 0.762. The van der Waals surface area contributed by atoms with Gasteiger partial charge in [-0.1, -0.05) is 19.9 Å². The molecule has 20 heavy (non-hydrogen) atoms. The zero-order valence-corrected chi connectivity index (χ0v) is 12.9. The van der Waals surface area contributed by atoms with Gasteiger partial charge in [0.05, 0.1) is 5.69 Å². The summed E-state index contributed by atoms with van der Waals surface area (Å²) in [6.07, 6.45) is 4.39. The van der Waals surface area contributed by atoms with Crippen molar-refractivity contribution in [2.24, 2.45) is 5.41 Å². The molecule has 0 unspecified atom stereocenters. The molecule has 2 nitrogen and oxygen atoms in total. The molecule has 1 fully saturated rings. The molecule has 110 valence electrons. The average Bonchev–Trinajstić information content (AvgIpc) is 2.37. The van der Waals surface area contributed by atoms with Crippen LogP contribution in [0.5, 0.6) is 0 Å². The minimum atomic E-state index is -0.301. The largest absolute Gasteiger partial charge is 0.369 e. The Hall–Kier alpha value is -1.38. The van der Waals surface area contributed by atoms with Gasteiger partial charge in [0.1, 0.15) is 5.82 Å². The predicted octanol–water partition coefficient (Wildman–Crippen LogP) is 4.43. The number of carbonyl (C=O) groups excluding carboxylic acids is 1. The molecule has 0 atom stereocenters. The van der Waals surface area contributed by atoms with Gasteiger partial charge in [-0.3, -0.25) is 4.79 Å². The van der Waals surface area contributed by atoms with E-state index in [0.29, 0.717) is 22.7 Å². The first-order valence-electron chi connectivity index (χ1n) is 7.34. The maximum absolute atomic E-state index is 14.2. The molecule has 3 heteroatoms. The van der Waals surface area contributed by atoms with E-state index in [2.05, 4.69) is 13.8 Å². The monoisotopic (exact) mass is 277 g/mol. The van der Waals surface area contributed by atoms with E-state index in [4.69, 9.17) is 0 Å². The van der Waals surface area contributed by atoms with Crippen molar-refractivity contribution < 1.29 is 9.18 Å². The van der Waals surface area contributed by atoms with Crippen molar-refractivity contribution in [3.63, 3.8) is 0 Å². The van der Waals surface area contributed by atoms with Gasteiger partial charge in [0, 0.05) is 18.7 Å². The molecule has 1 aliphatic carbocycles. The summed E-state index contributed by atoms with van der Waals surface area (Å²) in [5, 5.41) is 0. The van der Waals surface area contributed by atoms with Gasteiger partial charge in [0.25, 0.3) is 0 Å². The summed E-state index contributed by atoms with van der Waals surface area (Å²) in [6.45, 7) is 6.07. The number of hydrogen-bond donors (Lipinski definition) is 0. The van der Waals surface area contributed by atoms with Gasteiger partial charge >= 0.3 is 0 Å². The first kappa shape index (κ1) is 15.0. The van der Waals surface area contributed by atoms with E-state index in [1.165, 1.54) is 13.0 Å². The molecule has 0 amide bonds. The minimum absolute atomic E-state index is 0.0810. The molecule has 1 aliphatic rings. The van der Waals surface area contributed by atoms with Crippen LogP contribution in [0.1, 0.15) is 56.8 Å². The van der Waals surface area contributed by atoms with Crippen LogP contribution >= 0.6 is 0 Å². The van der Waals surface area contributed by atoms with E-state index in [0.717, 1.165) is 25.7 Å². The Kier molecular flexibility index (Phi) is 4.17. The molecule has 0 aromatic heterocycles. The second kappa shape index (κ2) is 5.55. The lowest BCUT2D eigenvalue weighted by Gasteiger charge is -2.40. The predicted molar refractivity (Wildman–Crippen MR) is 80.8 cm³/mol. The van der Waals surface area contributed by atoms with Crippen molar-refractivity contribution >= 4 is 11.5 Å². The van der Waals surface area contributed by atoms with Gasteiger partial charge in [-0.2, -0.15) is 0 Å². The molecular formula is C17H24FNO. The second-order valence-corrected chi connectivity index (χ2v) is 6.70. The lowest BCUT2D eigenvalue weighted by molar-refractivity contribution is 0.101. The minimum Gasteiger partial charge on any atom is -0.369 e. The number of benzene rings is 1. The summed E-state index contributed by atoms with van der Waals surface area (Å²) in [6, 6.07) is 5.07. The fourth-order valence-corrected chi connectivity index (χ4v) is 3.11. The zero-order chi connectivity index (χ0) is 14.9. The van der Waals surface area contributed by atoms with Gasteiger partial charge < -0.3 is 4.90 Å². The lowest BCUT2D eigenvalue weighted by Crippen LogP contribution is -2.38. The lowest BCUT2D eigenvalue weighted by atomic mass is 9.75. The number of Topliss-reactive ketones (excluding diaryl/α,β-unsaturated/α-hetero) is 1. The second-order valence-electron chi connectivity index (χ2n) is 6.70. The van der Waals surface area contributed by atoms with E-state index in [1.54, 1.807) is 12.1 Å². The van der Waals surface area contributed by atoms with Crippen LogP contribution in [0.15, 0.2) is 18.2 Å². The van der Waals surface area contributed by atoms with Crippen molar-refractivity contribution in [2.45, 2.75) is 52.5 Å². The van der Waals surface area contributed by atoms with Gasteiger partial charge in [-0.05, 0) is 50.2 Å². The van der Waals surface area contributed by atoms with Gasteiger partial charge in [-0.25, -0.2) is 4.39 Å². The van der Waals surface area contributed by atoms with Crippen molar-refractivity contribution in [1.29, 1.82) is 0 Å². The number of nitrogens with zero attached hydrogens (tertiary/aromatic N) is 1. The Morgan fingerprint density at radius 3 is 2.45 bits per heavy atom. The van der Waals surface area contributed by atoms with Crippen LogP contribution in [-0.4, -0.2) is 18.9 Å². The number of rotatable bonds is 3. The van der Waals surface area contributed by atoms with Gasteiger partial charge in [0.15, 0.2) is 5.78 Å². The first-order valence-corrected chi connectivity index (χ1v) is 7.34. The number of hydrogen-bond acceptors (Lipinski definition) is 2. The summed E-state index contributed by atoms with van der Waals surface area (Å²) in [7, 11) is 1.91. The summed E-state index contributed by atoms with van der Waals surface area (Å²) < 4.78 is 14.2. The summed E-state index contributed by atoms with van der Waals surface area (Å²) in [5.74, 6) is -0.382. The summed E-state index contributed by atoms with van der Waals surface area (Å²) in [5.41, 5.74) is 1.33. The smallest absolute Gasteiger partial charge is 0.161 e. The number of carbonyl (C=O) groups is 1. The maximum atomic E-state index is 14.2. The molecule has 0 heterocycles. The van der Waals surface area contributed by atoms with Crippen molar-refractivity contribution in [2.75, 3.05) is 11.9 Å². The molecule has 0 N–H and O–H groups in total. The van der Waals surface area contributed by atoms with Crippen LogP contribution in [0.25, 0.3) is 0 Å². The van der Waals surface area contributed by atoms with Crippen LogP contribution in [0.2, 0.25) is 0 Å². The highest BCUT2D eigenvalue weighted by molar-refractivity contribution is 5.99. The number of ketones is 1. The fourth-order valence-electron chi connectivity index (χ4n) is 3.11. The molecule has 0 saturated heterocycles. The molecule has 0 spiro atoms. The van der Waals surface area contributed by atoms with E-state index in [1.807, 2.05) is 11.9 Å². The molecule has 1 aromatic rings. The molecule has 1 saturated carbocycles. The van der Waals surface area contributed by atoms with Crippen LogP contribution in [0, 0.1) is 11.2 Å². The fraction of sp³-hybridized carbons (Fsp3) is 0.588. The van der Waals surface area contributed by atoms with Gasteiger partial charge in [0.2, 0.25) is 0 Å². The van der Waals surface area contributed by atoms with E-state index < -0.39 is 0 Å². The van der Waals surface area contributed by atoms with Crippen molar-refractivity contribution in [3.8, 4) is 0 Å². The topological polar surface area (TPSA) is 20.3 Å². The Bertz CT molecular complexity index is 500. The van der Waals surface area contributed by atoms with E-state index >= 15 is 0 Å². The third-order valence-corrected chi connectivity index (χ3v) is 4.58. The normalized spacial score (nSPS) is 18.9. The molecule has 2 rings (SSSR count). The highest BCUT2D eigenvalue weighted by atomic mass is 19.1. The van der Waals surface area contributed by atoms with Gasteiger partial charge in [-0.15, -0.1) is 0 Å². The summed E-state index contributed by atoms with van der Waals surface area (Å²) in [4.78, 5) is 13.7. The van der Waals surface area contributed by atoms with Crippen LogP contribution in [-0.2, 0) is 0 Å². The number of para-hydroxylation sites is 1. The SMILES string of the molecule is CC(=O)c1cccc(F)c1N(C)C1CCC(C)(C)CC1. The van der Waals surface area contributed by atoms with Crippen LogP contribution in [0.4, 0.5) is 10.1 Å². The Morgan fingerprint density at radius 1 is 1.30 bits per heavy atom. The van der Waals surface area contributed by atoms with E-state index in [9.17, 15) is 9.18 Å². The molecular weight excluding hydrogens is 253 g/mol. The first-order chi connectivity index (χ1) is 9.32. The molecule has 1 aromatic carbocycles. The maximum Gasteiger partial charge on any atom is 0.161 e. The van der Waals surface area contributed by atoms with Crippen LogP contribution < -0.4 is 4.90 Å². The summed E-state index contributed by atoms with van der Waals surface area (Å²) >= 11 is 0. The number of halogens is 1. The van der Waals surface area contributed by atoms with Crippen molar-refractivity contribution in [1.82, 2.24) is 0 Å². The highest BCUT2D eigenvalue weighted by Gasteiger charge is 2.30. The Balaban J connectivity index is 2.26.